The topological polar surface area (TPSA) is 61.6 Å². The number of carboxylic acids is 1. The molecule has 0 aromatic carbocycles. The van der Waals surface area contributed by atoms with E-state index in [-0.39, 0.29) is 0 Å². The number of carbonyl (C=O) groups is 1. The molecule has 0 radical (unpaired) electrons. The van der Waals surface area contributed by atoms with Crippen molar-refractivity contribution in [1.29, 1.82) is 0 Å². The van der Waals surface area contributed by atoms with E-state index in [1.54, 1.807) is 11.7 Å². The Bertz CT molecular complexity index is 468. The van der Waals surface area contributed by atoms with Crippen LogP contribution in [-0.4, -0.2) is 62.9 Å². The van der Waals surface area contributed by atoms with Crippen LogP contribution in [0.15, 0.2) is 6.20 Å². The van der Waals surface area contributed by atoms with Crippen LogP contribution in [0.3, 0.4) is 0 Å². The molecule has 1 aliphatic rings. The van der Waals surface area contributed by atoms with Crippen LogP contribution in [0.5, 0.6) is 0 Å². The van der Waals surface area contributed by atoms with Crippen molar-refractivity contribution in [1.82, 2.24) is 19.6 Å². The number of hydrogen-bond acceptors (Lipinski definition) is 4. The van der Waals surface area contributed by atoms with E-state index in [1.165, 1.54) is 6.20 Å². The van der Waals surface area contributed by atoms with Gasteiger partial charge in [-0.2, -0.15) is 5.10 Å². The Labute approximate surface area is 120 Å². The molecule has 1 unspecified atom stereocenters. The second-order valence-corrected chi connectivity index (χ2v) is 5.33. The SMILES string of the molecule is CCN(CC)C1CCN(Cc2c(C(=O)O)cnn2C)C1. The number of hydrogen-bond donors (Lipinski definition) is 1. The van der Waals surface area contributed by atoms with Gasteiger partial charge in [0.2, 0.25) is 0 Å². The summed E-state index contributed by atoms with van der Waals surface area (Å²) in [6, 6.07) is 0.589. The molecular weight excluding hydrogens is 256 g/mol. The zero-order valence-corrected chi connectivity index (χ0v) is 12.5. The quantitative estimate of drug-likeness (QED) is 0.843. The van der Waals surface area contributed by atoms with E-state index in [0.29, 0.717) is 18.2 Å². The van der Waals surface area contributed by atoms with Crippen molar-refractivity contribution in [2.45, 2.75) is 32.9 Å². The highest BCUT2D eigenvalue weighted by Gasteiger charge is 2.27. The predicted molar refractivity (Wildman–Crippen MR) is 76.8 cm³/mol. The Morgan fingerprint density at radius 2 is 2.20 bits per heavy atom. The lowest BCUT2D eigenvalue weighted by molar-refractivity contribution is 0.0694. The molecule has 6 nitrogen and oxygen atoms in total. The van der Waals surface area contributed by atoms with Gasteiger partial charge in [-0.1, -0.05) is 13.8 Å². The van der Waals surface area contributed by atoms with Gasteiger partial charge in [0.1, 0.15) is 5.56 Å². The monoisotopic (exact) mass is 280 g/mol. The third-order valence-corrected chi connectivity index (χ3v) is 4.24. The van der Waals surface area contributed by atoms with Crippen molar-refractivity contribution in [2.75, 3.05) is 26.2 Å². The number of carboxylic acid groups (broad SMARTS) is 1. The average Bonchev–Trinajstić information content (AvgIpc) is 3.00. The normalized spacial score (nSPS) is 19.9. The third kappa shape index (κ3) is 3.02. The van der Waals surface area contributed by atoms with Gasteiger partial charge in [-0.3, -0.25) is 14.5 Å². The average molecular weight is 280 g/mol. The van der Waals surface area contributed by atoms with Crippen LogP contribution in [0, 0.1) is 0 Å². The van der Waals surface area contributed by atoms with Crippen LogP contribution in [-0.2, 0) is 13.6 Å². The molecule has 2 heterocycles. The third-order valence-electron chi connectivity index (χ3n) is 4.24. The highest BCUT2D eigenvalue weighted by atomic mass is 16.4. The van der Waals surface area contributed by atoms with Crippen LogP contribution >= 0.6 is 0 Å². The summed E-state index contributed by atoms with van der Waals surface area (Å²) in [5.74, 6) is -0.896. The summed E-state index contributed by atoms with van der Waals surface area (Å²) < 4.78 is 1.67. The zero-order chi connectivity index (χ0) is 14.7. The maximum absolute atomic E-state index is 11.2. The molecule has 1 aromatic rings. The van der Waals surface area contributed by atoms with Crippen molar-refractivity contribution >= 4 is 5.97 Å². The summed E-state index contributed by atoms with van der Waals surface area (Å²) in [4.78, 5) is 16.0. The number of aryl methyl sites for hydroxylation is 1. The fourth-order valence-electron chi connectivity index (χ4n) is 3.03. The second-order valence-electron chi connectivity index (χ2n) is 5.33. The molecule has 0 aliphatic carbocycles. The van der Waals surface area contributed by atoms with Crippen molar-refractivity contribution < 1.29 is 9.90 Å². The smallest absolute Gasteiger partial charge is 0.339 e. The minimum atomic E-state index is -0.896. The van der Waals surface area contributed by atoms with Gasteiger partial charge in [-0.15, -0.1) is 0 Å². The molecule has 0 saturated carbocycles. The first-order valence-corrected chi connectivity index (χ1v) is 7.27. The van der Waals surface area contributed by atoms with E-state index in [1.807, 2.05) is 0 Å². The first-order chi connectivity index (χ1) is 9.56. The van der Waals surface area contributed by atoms with E-state index in [9.17, 15) is 9.90 Å². The lowest BCUT2D eigenvalue weighted by Gasteiger charge is -2.26. The Balaban J connectivity index is 2.02. The lowest BCUT2D eigenvalue weighted by atomic mass is 10.2. The van der Waals surface area contributed by atoms with Gasteiger partial charge in [-0.25, -0.2) is 4.79 Å². The molecule has 0 bridgehead atoms. The second kappa shape index (κ2) is 6.37. The lowest BCUT2D eigenvalue weighted by Crippen LogP contribution is -2.37. The van der Waals surface area contributed by atoms with Crippen LogP contribution < -0.4 is 0 Å². The summed E-state index contributed by atoms with van der Waals surface area (Å²) in [6.07, 6.45) is 2.59. The Hall–Kier alpha value is -1.40. The van der Waals surface area contributed by atoms with Gasteiger partial charge in [0, 0.05) is 32.7 Å². The number of likely N-dealkylation sites (N-methyl/N-ethyl adjacent to an activating group) is 1. The molecule has 1 fully saturated rings. The van der Waals surface area contributed by atoms with Crippen molar-refractivity contribution in [3.63, 3.8) is 0 Å². The Morgan fingerprint density at radius 1 is 1.50 bits per heavy atom. The molecule has 6 heteroatoms. The minimum Gasteiger partial charge on any atom is -0.478 e. The van der Waals surface area contributed by atoms with Crippen LogP contribution in [0.25, 0.3) is 0 Å². The summed E-state index contributed by atoms with van der Waals surface area (Å²) in [5, 5.41) is 13.3. The molecule has 1 saturated heterocycles. The number of likely N-dealkylation sites (tertiary alicyclic amines) is 1. The van der Waals surface area contributed by atoms with E-state index in [4.69, 9.17) is 0 Å². The van der Waals surface area contributed by atoms with Gasteiger partial charge in [0.25, 0.3) is 0 Å². The summed E-state index contributed by atoms with van der Waals surface area (Å²) in [5.41, 5.74) is 1.11. The number of aromatic carboxylic acids is 1. The highest BCUT2D eigenvalue weighted by molar-refractivity contribution is 5.88. The molecule has 2 rings (SSSR count). The molecule has 112 valence electrons. The highest BCUT2D eigenvalue weighted by Crippen LogP contribution is 2.19. The Morgan fingerprint density at radius 3 is 2.80 bits per heavy atom. The Kier molecular flexibility index (Phi) is 4.77. The molecule has 0 amide bonds. The standard InChI is InChI=1S/C14H24N4O2/c1-4-18(5-2)11-6-7-17(9-11)10-13-12(14(19)20)8-15-16(13)3/h8,11H,4-7,9-10H2,1-3H3,(H,19,20). The number of nitrogens with zero attached hydrogens (tertiary/aromatic N) is 4. The van der Waals surface area contributed by atoms with E-state index in [0.717, 1.165) is 38.3 Å². The maximum atomic E-state index is 11.2. The molecule has 1 atom stereocenters. The molecular formula is C14H24N4O2. The van der Waals surface area contributed by atoms with Crippen molar-refractivity contribution in [3.8, 4) is 0 Å². The van der Waals surface area contributed by atoms with Gasteiger partial charge < -0.3 is 5.11 Å². The predicted octanol–water partition coefficient (Wildman–Crippen LogP) is 1.03. The molecule has 1 aromatic heterocycles. The first-order valence-electron chi connectivity index (χ1n) is 7.27. The van der Waals surface area contributed by atoms with Crippen LogP contribution in [0.4, 0.5) is 0 Å². The van der Waals surface area contributed by atoms with Crippen molar-refractivity contribution in [3.05, 3.63) is 17.5 Å². The van der Waals surface area contributed by atoms with Gasteiger partial charge in [-0.05, 0) is 19.5 Å². The fourth-order valence-corrected chi connectivity index (χ4v) is 3.03. The molecule has 1 N–H and O–H groups in total. The molecule has 1 aliphatic heterocycles. The van der Waals surface area contributed by atoms with Gasteiger partial charge in [0.05, 0.1) is 11.9 Å². The minimum absolute atomic E-state index is 0.318. The van der Waals surface area contributed by atoms with E-state index in [2.05, 4.69) is 28.7 Å². The molecule has 0 spiro atoms. The largest absolute Gasteiger partial charge is 0.478 e. The van der Waals surface area contributed by atoms with E-state index >= 15 is 0 Å². The maximum Gasteiger partial charge on any atom is 0.339 e. The molecule has 20 heavy (non-hydrogen) atoms. The van der Waals surface area contributed by atoms with Crippen molar-refractivity contribution in [2.24, 2.45) is 7.05 Å². The summed E-state index contributed by atoms with van der Waals surface area (Å²) in [7, 11) is 1.81. The number of rotatable bonds is 6. The fraction of sp³-hybridized carbons (Fsp3) is 0.714. The zero-order valence-electron chi connectivity index (χ0n) is 12.5. The van der Waals surface area contributed by atoms with Crippen LogP contribution in [0.2, 0.25) is 0 Å². The van der Waals surface area contributed by atoms with Gasteiger partial charge >= 0.3 is 5.97 Å². The van der Waals surface area contributed by atoms with E-state index < -0.39 is 5.97 Å². The first kappa shape index (κ1) is 15.0. The van der Waals surface area contributed by atoms with Gasteiger partial charge in [0.15, 0.2) is 0 Å². The van der Waals surface area contributed by atoms with Crippen LogP contribution in [0.1, 0.15) is 36.3 Å². The number of aromatic nitrogens is 2. The summed E-state index contributed by atoms with van der Waals surface area (Å²) in [6.45, 7) is 9.21. The summed E-state index contributed by atoms with van der Waals surface area (Å²) >= 11 is 0.